The van der Waals surface area contributed by atoms with Crippen LogP contribution in [0, 0.1) is 0 Å². The van der Waals surface area contributed by atoms with Crippen molar-refractivity contribution in [2.45, 2.75) is 24.4 Å². The molecule has 0 bridgehead atoms. The van der Waals surface area contributed by atoms with Gasteiger partial charge in [-0.3, -0.25) is 11.0 Å². The Morgan fingerprint density at radius 2 is 1.57 bits per heavy atom. The maximum atomic E-state index is 4.37. The predicted molar refractivity (Wildman–Crippen MR) is 46.0 cm³/mol. The van der Waals surface area contributed by atoms with Crippen LogP contribution in [0.1, 0.15) is 13.8 Å². The zero-order valence-corrected chi connectivity index (χ0v) is 8.61. The molecule has 0 N–H and O–H groups in total. The Kier molecular flexibility index (Phi) is 11.8. The van der Waals surface area contributed by atoms with Crippen LogP contribution in [-0.4, -0.2) is 13.0 Å². The van der Waals surface area contributed by atoms with E-state index in [2.05, 4.69) is 24.8 Å². The third-order valence-electron chi connectivity index (χ3n) is 0.942. The SMILES string of the molecule is Br.C[CH2][Al]([SH])[CH2]C. The van der Waals surface area contributed by atoms with Gasteiger partial charge in [-0.05, 0) is 0 Å². The molecule has 44 valence electrons. The average Bonchev–Trinajstić information content (AvgIpc) is 1.65. The molecule has 0 atom stereocenters. The highest BCUT2D eigenvalue weighted by Crippen LogP contribution is 1.99. The fourth-order valence-corrected chi connectivity index (χ4v) is 0.866. The van der Waals surface area contributed by atoms with Crippen LogP contribution in [0.4, 0.5) is 0 Å². The van der Waals surface area contributed by atoms with Crippen molar-refractivity contribution in [3.8, 4) is 0 Å². The van der Waals surface area contributed by atoms with Crippen LogP contribution in [0.2, 0.25) is 10.6 Å². The third-order valence-corrected chi connectivity index (χ3v) is 5.02. The Bertz CT molecular complexity index is 30.9. The second kappa shape index (κ2) is 7.36. The number of rotatable bonds is 2. The summed E-state index contributed by atoms with van der Waals surface area (Å²) in [6.45, 7) is 4.43. The lowest BCUT2D eigenvalue weighted by Gasteiger charge is -1.88. The van der Waals surface area contributed by atoms with Gasteiger partial charge in [0.05, 0.1) is 0 Å². The zero-order chi connectivity index (χ0) is 4.99. The van der Waals surface area contributed by atoms with Gasteiger partial charge in [0.25, 0.3) is 0 Å². The lowest BCUT2D eigenvalue weighted by molar-refractivity contribution is 1.35. The Balaban J connectivity index is 0. The summed E-state index contributed by atoms with van der Waals surface area (Å²) >= 11 is -0.466. The highest BCUT2D eigenvalue weighted by atomic mass is 79.9. The van der Waals surface area contributed by atoms with Crippen molar-refractivity contribution in [2.24, 2.45) is 0 Å². The molecule has 0 radical (unpaired) electrons. The molecule has 0 saturated heterocycles. The van der Waals surface area contributed by atoms with Gasteiger partial charge in [0.1, 0.15) is 0 Å². The first kappa shape index (κ1) is 11.2. The molecule has 0 spiro atoms. The maximum absolute atomic E-state index is 4.37. The van der Waals surface area contributed by atoms with Gasteiger partial charge in [-0.25, -0.2) is 0 Å². The van der Waals surface area contributed by atoms with Crippen molar-refractivity contribution in [1.82, 2.24) is 0 Å². The van der Waals surface area contributed by atoms with E-state index < -0.39 is 13.0 Å². The standard InChI is InChI=1S/2C2H5.Al.BrH.H2S/c2*1-2;;;/h2*1H2,2H3;;1H;1H2/q;;+1;;/p-1. The molecule has 0 nitrogen and oxygen atoms in total. The van der Waals surface area contributed by atoms with Gasteiger partial charge in [0.2, 0.25) is 0 Å². The van der Waals surface area contributed by atoms with Gasteiger partial charge < -0.3 is 0 Å². The van der Waals surface area contributed by atoms with Gasteiger partial charge in [-0.2, -0.15) is 0 Å². The smallest absolute Gasteiger partial charge is 0.272 e. The Labute approximate surface area is 65.3 Å². The molecule has 0 aromatic carbocycles. The third kappa shape index (κ3) is 7.36. The molecule has 0 fully saturated rings. The fourth-order valence-electron chi connectivity index (χ4n) is 0.289. The van der Waals surface area contributed by atoms with Gasteiger partial charge in [0, 0.05) is 0 Å². The molecule has 0 rings (SSSR count). The molecule has 0 aliphatic heterocycles. The van der Waals surface area contributed by atoms with Crippen LogP contribution in [-0.2, 0) is 0 Å². The van der Waals surface area contributed by atoms with Crippen molar-refractivity contribution >= 4 is 41.0 Å². The Morgan fingerprint density at radius 3 is 1.57 bits per heavy atom. The highest BCUT2D eigenvalue weighted by Gasteiger charge is 2.02. The summed E-state index contributed by atoms with van der Waals surface area (Å²) < 4.78 is 0. The van der Waals surface area contributed by atoms with Gasteiger partial charge in [-0.1, -0.05) is 24.4 Å². The zero-order valence-electron chi connectivity index (χ0n) is 4.85. The summed E-state index contributed by atoms with van der Waals surface area (Å²) in [5.74, 6) is 0. The number of halogens is 1. The van der Waals surface area contributed by atoms with E-state index in [1.807, 2.05) is 0 Å². The summed E-state index contributed by atoms with van der Waals surface area (Å²) in [4.78, 5) is 0. The maximum Gasteiger partial charge on any atom is 0.343 e. The fraction of sp³-hybridized carbons (Fsp3) is 1.00. The van der Waals surface area contributed by atoms with E-state index in [1.165, 1.54) is 10.6 Å². The second-order valence-corrected chi connectivity index (χ2v) is 6.60. The monoisotopic (exact) mass is 198 g/mol. The lowest BCUT2D eigenvalue weighted by atomic mass is 10.9. The van der Waals surface area contributed by atoms with Crippen LogP contribution >= 0.6 is 28.0 Å². The van der Waals surface area contributed by atoms with Crippen molar-refractivity contribution in [3.63, 3.8) is 0 Å². The molecule has 0 aliphatic carbocycles. The van der Waals surface area contributed by atoms with Gasteiger partial charge in [0.15, 0.2) is 0 Å². The number of hydrogen-bond donors (Lipinski definition) is 1. The van der Waals surface area contributed by atoms with Crippen molar-refractivity contribution in [3.05, 3.63) is 0 Å². The van der Waals surface area contributed by atoms with E-state index in [0.29, 0.717) is 0 Å². The van der Waals surface area contributed by atoms with Gasteiger partial charge in [-0.15, -0.1) is 17.0 Å². The number of thiol groups is 1. The van der Waals surface area contributed by atoms with E-state index in [-0.39, 0.29) is 17.0 Å². The van der Waals surface area contributed by atoms with E-state index in [9.17, 15) is 0 Å². The topological polar surface area (TPSA) is 0 Å². The van der Waals surface area contributed by atoms with Crippen LogP contribution in [0.3, 0.4) is 0 Å². The van der Waals surface area contributed by atoms with Crippen molar-refractivity contribution in [2.75, 3.05) is 0 Å². The molecule has 0 aromatic heterocycles. The van der Waals surface area contributed by atoms with Crippen LogP contribution in [0.25, 0.3) is 0 Å². The molecule has 0 aliphatic rings. The summed E-state index contributed by atoms with van der Waals surface area (Å²) in [5, 5.41) is 2.67. The largest absolute Gasteiger partial charge is 0.343 e. The minimum absolute atomic E-state index is 0. The minimum Gasteiger partial charge on any atom is -0.272 e. The first-order valence-corrected chi connectivity index (χ1v) is 6.19. The van der Waals surface area contributed by atoms with Crippen LogP contribution in [0.15, 0.2) is 0 Å². The summed E-state index contributed by atoms with van der Waals surface area (Å²) in [6.07, 6.45) is 0. The summed E-state index contributed by atoms with van der Waals surface area (Å²) in [6, 6.07) is 0. The normalized spacial score (nSPS) is 7.29. The van der Waals surface area contributed by atoms with E-state index in [1.54, 1.807) is 0 Å². The number of hydrogen-bond acceptors (Lipinski definition) is 1. The van der Waals surface area contributed by atoms with Gasteiger partial charge >= 0.3 is 13.0 Å². The lowest BCUT2D eigenvalue weighted by Crippen LogP contribution is -1.95. The minimum atomic E-state index is -0.466. The van der Waals surface area contributed by atoms with Crippen molar-refractivity contribution < 1.29 is 0 Å². The Hall–Kier alpha value is 1.36. The first-order chi connectivity index (χ1) is 2.81. The molecule has 0 unspecified atom stereocenters. The molecule has 0 aromatic rings. The summed E-state index contributed by atoms with van der Waals surface area (Å²) in [7, 11) is 4.37. The quantitative estimate of drug-likeness (QED) is 0.512. The molecule has 0 heterocycles. The second-order valence-electron chi connectivity index (χ2n) is 1.47. The Morgan fingerprint density at radius 1 is 1.29 bits per heavy atom. The van der Waals surface area contributed by atoms with Crippen LogP contribution in [0.5, 0.6) is 0 Å². The summed E-state index contributed by atoms with van der Waals surface area (Å²) in [5.41, 5.74) is 0. The molecular weight excluding hydrogens is 187 g/mol. The molecular formula is C4H12AlBrS. The average molecular weight is 199 g/mol. The molecule has 3 heteroatoms. The van der Waals surface area contributed by atoms with E-state index in [4.69, 9.17) is 0 Å². The highest BCUT2D eigenvalue weighted by molar-refractivity contribution is 8.93. The molecule has 0 saturated carbocycles. The first-order valence-electron chi connectivity index (χ1n) is 2.49. The van der Waals surface area contributed by atoms with E-state index in [0.717, 1.165) is 0 Å². The van der Waals surface area contributed by atoms with E-state index >= 15 is 0 Å². The van der Waals surface area contributed by atoms with Crippen molar-refractivity contribution in [1.29, 1.82) is 0 Å². The molecule has 7 heavy (non-hydrogen) atoms. The predicted octanol–water partition coefficient (Wildman–Crippen LogP) is 2.53. The molecule has 0 amide bonds. The van der Waals surface area contributed by atoms with Crippen LogP contribution < -0.4 is 0 Å².